The van der Waals surface area contributed by atoms with Crippen LogP contribution >= 0.6 is 0 Å². The molecule has 0 amide bonds. The van der Waals surface area contributed by atoms with Crippen molar-refractivity contribution >= 4 is 0 Å². The normalized spacial score (nSPS) is 10.9. The lowest BCUT2D eigenvalue weighted by molar-refractivity contribution is 0.397. The molecule has 0 radical (unpaired) electrons. The highest BCUT2D eigenvalue weighted by atomic mass is 16.3. The topological polar surface area (TPSA) is 58.0 Å². The van der Waals surface area contributed by atoms with Gasteiger partial charge in [0.1, 0.15) is 0 Å². The van der Waals surface area contributed by atoms with Crippen molar-refractivity contribution in [1.82, 2.24) is 9.55 Å². The number of H-pyrrole nitrogens is 1. The molecule has 4 nitrogen and oxygen atoms in total. The van der Waals surface area contributed by atoms with Crippen LogP contribution in [0.1, 0.15) is 20.3 Å². The smallest absolute Gasteiger partial charge is 0.328 e. The Morgan fingerprint density at radius 2 is 2.33 bits per heavy atom. The average Bonchev–Trinajstić information content (AvgIpc) is 2.28. The summed E-state index contributed by atoms with van der Waals surface area (Å²) in [4.78, 5) is 13.4. The first-order valence-electron chi connectivity index (χ1n) is 4.08. The predicted molar refractivity (Wildman–Crippen MR) is 46.2 cm³/mol. The van der Waals surface area contributed by atoms with E-state index in [9.17, 15) is 9.90 Å². The minimum Gasteiger partial charge on any atom is -0.493 e. The van der Waals surface area contributed by atoms with Gasteiger partial charge in [-0.05, 0) is 12.3 Å². The molecular weight excluding hydrogens is 156 g/mol. The summed E-state index contributed by atoms with van der Waals surface area (Å²) in [6.07, 6.45) is 2.20. The van der Waals surface area contributed by atoms with Gasteiger partial charge in [0, 0.05) is 6.54 Å². The Bertz CT molecular complexity index is 298. The third-order valence-electron chi connectivity index (χ3n) is 1.78. The molecule has 0 atom stereocenters. The van der Waals surface area contributed by atoms with Crippen LogP contribution in [0.5, 0.6) is 5.88 Å². The van der Waals surface area contributed by atoms with E-state index >= 15 is 0 Å². The summed E-state index contributed by atoms with van der Waals surface area (Å²) >= 11 is 0. The van der Waals surface area contributed by atoms with E-state index in [1.54, 1.807) is 0 Å². The fraction of sp³-hybridized carbons (Fsp3) is 0.625. The van der Waals surface area contributed by atoms with E-state index in [-0.39, 0.29) is 11.6 Å². The molecule has 0 aliphatic carbocycles. The first-order valence-corrected chi connectivity index (χ1v) is 4.08. The van der Waals surface area contributed by atoms with E-state index in [2.05, 4.69) is 18.8 Å². The molecule has 0 spiro atoms. The summed E-state index contributed by atoms with van der Waals surface area (Å²) < 4.78 is 1.33. The zero-order chi connectivity index (χ0) is 9.14. The van der Waals surface area contributed by atoms with Gasteiger partial charge in [-0.15, -0.1) is 0 Å². The fourth-order valence-corrected chi connectivity index (χ4v) is 0.990. The highest BCUT2D eigenvalue weighted by Crippen LogP contribution is 2.07. The number of aromatic nitrogens is 2. The molecule has 1 aromatic rings. The molecule has 2 N–H and O–H groups in total. The molecule has 0 fully saturated rings. The van der Waals surface area contributed by atoms with Crippen molar-refractivity contribution in [3.63, 3.8) is 0 Å². The molecule has 0 aliphatic heterocycles. The van der Waals surface area contributed by atoms with E-state index in [1.165, 1.54) is 10.8 Å². The molecular formula is C8H14N2O2. The number of rotatable bonds is 3. The third-order valence-corrected chi connectivity index (χ3v) is 1.78. The summed E-state index contributed by atoms with van der Waals surface area (Å²) in [5.41, 5.74) is -0.242. The Labute approximate surface area is 70.9 Å². The van der Waals surface area contributed by atoms with E-state index in [1.807, 2.05) is 0 Å². The van der Waals surface area contributed by atoms with Gasteiger partial charge in [0.05, 0.1) is 6.20 Å². The van der Waals surface area contributed by atoms with Crippen LogP contribution in [0.15, 0.2) is 11.0 Å². The van der Waals surface area contributed by atoms with Crippen LogP contribution in [-0.4, -0.2) is 14.7 Å². The highest BCUT2D eigenvalue weighted by molar-refractivity contribution is 5.02. The standard InChI is InChI=1S/C8H14N2O2/c1-6(2)3-4-10-7(11)5-9-8(10)12/h5-6,11H,3-4H2,1-2H3,(H,9,12). The number of hydrogen-bond acceptors (Lipinski definition) is 2. The SMILES string of the molecule is CC(C)CCn1c(O)c[nH]c1=O. The molecule has 68 valence electrons. The van der Waals surface area contributed by atoms with Gasteiger partial charge in [0.15, 0.2) is 0 Å². The van der Waals surface area contributed by atoms with E-state index in [0.29, 0.717) is 12.5 Å². The summed E-state index contributed by atoms with van der Waals surface area (Å²) in [5, 5.41) is 9.18. The van der Waals surface area contributed by atoms with Crippen LogP contribution in [0.4, 0.5) is 0 Å². The number of aromatic hydroxyl groups is 1. The molecule has 0 unspecified atom stereocenters. The molecule has 1 aromatic heterocycles. The van der Waals surface area contributed by atoms with Crippen molar-refractivity contribution in [2.24, 2.45) is 5.92 Å². The Morgan fingerprint density at radius 3 is 2.75 bits per heavy atom. The van der Waals surface area contributed by atoms with Crippen molar-refractivity contribution in [2.75, 3.05) is 0 Å². The van der Waals surface area contributed by atoms with Crippen molar-refractivity contribution in [3.8, 4) is 5.88 Å². The van der Waals surface area contributed by atoms with Crippen LogP contribution < -0.4 is 5.69 Å². The second kappa shape index (κ2) is 3.47. The minimum atomic E-state index is -0.242. The summed E-state index contributed by atoms with van der Waals surface area (Å²) in [5.74, 6) is 0.548. The lowest BCUT2D eigenvalue weighted by atomic mass is 10.1. The second-order valence-corrected chi connectivity index (χ2v) is 3.29. The van der Waals surface area contributed by atoms with Crippen LogP contribution in [-0.2, 0) is 6.54 Å². The average molecular weight is 170 g/mol. The number of nitrogens with one attached hydrogen (secondary N) is 1. The molecule has 0 saturated heterocycles. The van der Waals surface area contributed by atoms with Gasteiger partial charge >= 0.3 is 5.69 Å². The zero-order valence-corrected chi connectivity index (χ0v) is 7.37. The Morgan fingerprint density at radius 1 is 1.67 bits per heavy atom. The summed E-state index contributed by atoms with van der Waals surface area (Å²) in [6, 6.07) is 0. The van der Waals surface area contributed by atoms with Crippen LogP contribution in [0.3, 0.4) is 0 Å². The molecule has 4 heteroatoms. The minimum absolute atomic E-state index is 0.0145. The molecule has 1 heterocycles. The van der Waals surface area contributed by atoms with Crippen molar-refractivity contribution in [2.45, 2.75) is 26.8 Å². The number of nitrogens with zero attached hydrogens (tertiary/aromatic N) is 1. The van der Waals surface area contributed by atoms with Crippen LogP contribution in [0, 0.1) is 5.92 Å². The first-order chi connectivity index (χ1) is 5.61. The predicted octanol–water partition coefficient (Wildman–Crippen LogP) is 0.928. The monoisotopic (exact) mass is 170 g/mol. The van der Waals surface area contributed by atoms with Crippen molar-refractivity contribution in [1.29, 1.82) is 0 Å². The number of hydrogen-bond donors (Lipinski definition) is 2. The quantitative estimate of drug-likeness (QED) is 0.709. The fourth-order valence-electron chi connectivity index (χ4n) is 0.990. The maximum Gasteiger partial charge on any atom is 0.328 e. The van der Waals surface area contributed by atoms with Gasteiger partial charge in [0.25, 0.3) is 0 Å². The van der Waals surface area contributed by atoms with Gasteiger partial charge < -0.3 is 10.1 Å². The van der Waals surface area contributed by atoms with E-state index in [4.69, 9.17) is 0 Å². The van der Waals surface area contributed by atoms with Gasteiger partial charge in [-0.1, -0.05) is 13.8 Å². The van der Waals surface area contributed by atoms with Gasteiger partial charge in [-0.25, -0.2) is 4.79 Å². The molecule has 12 heavy (non-hydrogen) atoms. The van der Waals surface area contributed by atoms with Gasteiger partial charge in [0.2, 0.25) is 5.88 Å². The summed E-state index contributed by atoms with van der Waals surface area (Å²) in [7, 11) is 0. The first kappa shape index (κ1) is 8.90. The maximum atomic E-state index is 11.0. The lowest BCUT2D eigenvalue weighted by Gasteiger charge is -2.04. The largest absolute Gasteiger partial charge is 0.493 e. The Hall–Kier alpha value is -1.19. The molecule has 0 aromatic carbocycles. The van der Waals surface area contributed by atoms with Crippen molar-refractivity contribution in [3.05, 3.63) is 16.7 Å². The Balaban J connectivity index is 2.68. The van der Waals surface area contributed by atoms with E-state index < -0.39 is 0 Å². The van der Waals surface area contributed by atoms with E-state index in [0.717, 1.165) is 6.42 Å². The third kappa shape index (κ3) is 1.90. The molecule has 1 rings (SSSR count). The molecule has 0 bridgehead atoms. The number of imidazole rings is 1. The second-order valence-electron chi connectivity index (χ2n) is 3.29. The highest BCUT2D eigenvalue weighted by Gasteiger charge is 2.04. The Kier molecular flexibility index (Phi) is 2.58. The lowest BCUT2D eigenvalue weighted by Crippen LogP contribution is -2.17. The van der Waals surface area contributed by atoms with Crippen LogP contribution in [0.25, 0.3) is 0 Å². The number of aromatic amines is 1. The summed E-state index contributed by atoms with van der Waals surface area (Å²) in [6.45, 7) is 4.73. The van der Waals surface area contributed by atoms with Gasteiger partial charge in [-0.3, -0.25) is 4.57 Å². The maximum absolute atomic E-state index is 11.0. The molecule has 0 saturated carbocycles. The van der Waals surface area contributed by atoms with Crippen LogP contribution in [0.2, 0.25) is 0 Å². The zero-order valence-electron chi connectivity index (χ0n) is 7.37. The van der Waals surface area contributed by atoms with Gasteiger partial charge in [-0.2, -0.15) is 0 Å². The van der Waals surface area contributed by atoms with Crippen molar-refractivity contribution < 1.29 is 5.11 Å². The molecule has 0 aliphatic rings.